The van der Waals surface area contributed by atoms with Crippen LogP contribution in [0.5, 0.6) is 0 Å². The maximum Gasteiger partial charge on any atom is 0.417 e. The van der Waals surface area contributed by atoms with Crippen LogP contribution in [0.15, 0.2) is 47.4 Å². The monoisotopic (exact) mass is 352 g/mol. The first-order valence-corrected chi connectivity index (χ1v) is 7.88. The van der Waals surface area contributed by atoms with Crippen LogP contribution < -0.4 is 10.9 Å². The van der Waals surface area contributed by atoms with Crippen LogP contribution in [-0.4, -0.2) is 10.5 Å². The SMILES string of the molecule is CC[C@H](C)c1ccccc1NC(=O)Cn1cc(C(F)(F)F)ccc1=O. The second-order valence-electron chi connectivity index (χ2n) is 5.83. The number of amides is 1. The molecule has 2 rings (SSSR count). The predicted molar refractivity (Wildman–Crippen MR) is 89.5 cm³/mol. The first-order valence-electron chi connectivity index (χ1n) is 7.88. The highest BCUT2D eigenvalue weighted by Crippen LogP contribution is 2.28. The van der Waals surface area contributed by atoms with Gasteiger partial charge in [0.25, 0.3) is 5.56 Å². The summed E-state index contributed by atoms with van der Waals surface area (Å²) in [5.74, 6) is -0.343. The summed E-state index contributed by atoms with van der Waals surface area (Å²) in [4.78, 5) is 23.9. The van der Waals surface area contributed by atoms with Crippen molar-refractivity contribution in [1.29, 1.82) is 0 Å². The van der Waals surface area contributed by atoms with Crippen molar-refractivity contribution < 1.29 is 18.0 Å². The molecule has 25 heavy (non-hydrogen) atoms. The highest BCUT2D eigenvalue weighted by atomic mass is 19.4. The van der Waals surface area contributed by atoms with E-state index in [4.69, 9.17) is 0 Å². The van der Waals surface area contributed by atoms with Gasteiger partial charge >= 0.3 is 6.18 Å². The van der Waals surface area contributed by atoms with Crippen molar-refractivity contribution in [2.75, 3.05) is 5.32 Å². The number of hydrogen-bond acceptors (Lipinski definition) is 2. The molecule has 1 aromatic heterocycles. The molecule has 0 fully saturated rings. The van der Waals surface area contributed by atoms with Crippen LogP contribution in [0.2, 0.25) is 0 Å². The molecule has 7 heteroatoms. The quantitative estimate of drug-likeness (QED) is 0.884. The summed E-state index contributed by atoms with van der Waals surface area (Å²) in [6.45, 7) is 3.55. The zero-order chi connectivity index (χ0) is 18.6. The molecule has 0 unspecified atom stereocenters. The van der Waals surface area contributed by atoms with E-state index in [1.807, 2.05) is 26.0 Å². The van der Waals surface area contributed by atoms with Crippen LogP contribution >= 0.6 is 0 Å². The molecule has 0 radical (unpaired) electrons. The molecule has 0 spiro atoms. The minimum atomic E-state index is -4.57. The highest BCUT2D eigenvalue weighted by Gasteiger charge is 2.31. The Labute approximate surface area is 143 Å². The van der Waals surface area contributed by atoms with Gasteiger partial charge < -0.3 is 9.88 Å². The Morgan fingerprint density at radius 1 is 1.20 bits per heavy atom. The fraction of sp³-hybridized carbons (Fsp3) is 0.333. The van der Waals surface area contributed by atoms with Crippen molar-refractivity contribution in [2.24, 2.45) is 0 Å². The van der Waals surface area contributed by atoms with Gasteiger partial charge in [-0.2, -0.15) is 13.2 Å². The molecule has 4 nitrogen and oxygen atoms in total. The van der Waals surface area contributed by atoms with Crippen molar-refractivity contribution in [3.8, 4) is 0 Å². The topological polar surface area (TPSA) is 51.1 Å². The number of nitrogens with zero attached hydrogens (tertiary/aromatic N) is 1. The number of anilines is 1. The number of nitrogens with one attached hydrogen (secondary N) is 1. The van der Waals surface area contributed by atoms with Gasteiger partial charge in [0.1, 0.15) is 6.54 Å². The van der Waals surface area contributed by atoms with Crippen molar-refractivity contribution in [3.05, 3.63) is 64.1 Å². The zero-order valence-electron chi connectivity index (χ0n) is 13.9. The van der Waals surface area contributed by atoms with Crippen LogP contribution in [0.4, 0.5) is 18.9 Å². The summed E-state index contributed by atoms with van der Waals surface area (Å²) in [7, 11) is 0. The smallest absolute Gasteiger partial charge is 0.324 e. The third-order valence-corrected chi connectivity index (χ3v) is 4.00. The van der Waals surface area contributed by atoms with Gasteiger partial charge in [-0.3, -0.25) is 9.59 Å². The minimum Gasteiger partial charge on any atom is -0.324 e. The normalized spacial score (nSPS) is 12.7. The van der Waals surface area contributed by atoms with Crippen molar-refractivity contribution in [2.45, 2.75) is 38.9 Å². The third kappa shape index (κ3) is 4.71. The Kier molecular flexibility index (Phi) is 5.66. The summed E-state index contributed by atoms with van der Waals surface area (Å²) < 4.78 is 39.0. The number of hydrogen-bond donors (Lipinski definition) is 1. The van der Waals surface area contributed by atoms with Crippen LogP contribution in [0, 0.1) is 0 Å². The molecule has 0 aliphatic heterocycles. The lowest BCUT2D eigenvalue weighted by atomic mass is 9.97. The fourth-order valence-electron chi connectivity index (χ4n) is 2.43. The van der Waals surface area contributed by atoms with E-state index in [0.29, 0.717) is 18.0 Å². The molecule has 134 valence electrons. The second kappa shape index (κ2) is 7.55. The first kappa shape index (κ1) is 18.8. The summed E-state index contributed by atoms with van der Waals surface area (Å²) in [6.07, 6.45) is -3.04. The van der Waals surface area contributed by atoms with E-state index in [1.54, 1.807) is 12.1 Å². The van der Waals surface area contributed by atoms with E-state index in [1.165, 1.54) is 0 Å². The molecule has 1 heterocycles. The van der Waals surface area contributed by atoms with Crippen LogP contribution in [-0.2, 0) is 17.5 Å². The highest BCUT2D eigenvalue weighted by molar-refractivity contribution is 5.91. The number of alkyl halides is 3. The largest absolute Gasteiger partial charge is 0.417 e. The number of pyridine rings is 1. The molecule has 0 aliphatic rings. The number of benzene rings is 1. The first-order chi connectivity index (χ1) is 11.7. The van der Waals surface area contributed by atoms with Gasteiger partial charge in [-0.05, 0) is 30.0 Å². The number of para-hydroxylation sites is 1. The maximum atomic E-state index is 12.7. The molecule has 0 bridgehead atoms. The molecular weight excluding hydrogens is 333 g/mol. The Morgan fingerprint density at radius 2 is 1.88 bits per heavy atom. The third-order valence-electron chi connectivity index (χ3n) is 4.00. The Morgan fingerprint density at radius 3 is 2.52 bits per heavy atom. The Hall–Kier alpha value is -2.57. The van der Waals surface area contributed by atoms with Crippen molar-refractivity contribution in [3.63, 3.8) is 0 Å². The summed E-state index contributed by atoms with van der Waals surface area (Å²) in [6, 6.07) is 8.75. The van der Waals surface area contributed by atoms with Gasteiger partial charge in [0, 0.05) is 18.0 Å². The Balaban J connectivity index is 2.21. The van der Waals surface area contributed by atoms with E-state index < -0.39 is 29.8 Å². The summed E-state index contributed by atoms with van der Waals surface area (Å²) in [5, 5.41) is 2.68. The van der Waals surface area contributed by atoms with Crippen molar-refractivity contribution >= 4 is 11.6 Å². The molecule has 0 saturated heterocycles. The van der Waals surface area contributed by atoms with Gasteiger partial charge in [0.15, 0.2) is 0 Å². The molecular formula is C18H19F3N2O2. The average molecular weight is 352 g/mol. The number of rotatable bonds is 5. The summed E-state index contributed by atoms with van der Waals surface area (Å²) in [5.41, 5.74) is -0.102. The summed E-state index contributed by atoms with van der Waals surface area (Å²) >= 11 is 0. The van der Waals surface area contributed by atoms with Gasteiger partial charge in [-0.25, -0.2) is 0 Å². The van der Waals surface area contributed by atoms with E-state index >= 15 is 0 Å². The fourth-order valence-corrected chi connectivity index (χ4v) is 2.43. The lowest BCUT2D eigenvalue weighted by Crippen LogP contribution is -2.28. The van der Waals surface area contributed by atoms with Gasteiger partial charge in [0.05, 0.1) is 5.56 Å². The van der Waals surface area contributed by atoms with E-state index in [9.17, 15) is 22.8 Å². The predicted octanol–water partition coefficient (Wildman–Crippen LogP) is 4.02. The van der Waals surface area contributed by atoms with Crippen LogP contribution in [0.25, 0.3) is 0 Å². The molecule has 1 atom stereocenters. The van der Waals surface area contributed by atoms with Gasteiger partial charge in [-0.1, -0.05) is 32.0 Å². The van der Waals surface area contributed by atoms with E-state index in [2.05, 4.69) is 5.32 Å². The average Bonchev–Trinajstić information content (AvgIpc) is 2.55. The molecule has 0 saturated carbocycles. The van der Waals surface area contributed by atoms with Crippen LogP contribution in [0.3, 0.4) is 0 Å². The minimum absolute atomic E-state index is 0.216. The van der Waals surface area contributed by atoms with E-state index in [-0.39, 0.29) is 5.92 Å². The standard InChI is InChI=1S/C18H19F3N2O2/c1-3-12(2)14-6-4-5-7-15(14)22-16(24)11-23-10-13(18(19,20)21)8-9-17(23)25/h4-10,12H,3,11H2,1-2H3,(H,22,24)/t12-/m0/s1. The number of halogens is 3. The lowest BCUT2D eigenvalue weighted by Gasteiger charge is -2.16. The van der Waals surface area contributed by atoms with E-state index in [0.717, 1.165) is 22.6 Å². The lowest BCUT2D eigenvalue weighted by molar-refractivity contribution is -0.138. The molecule has 1 aromatic carbocycles. The second-order valence-corrected chi connectivity index (χ2v) is 5.83. The number of carbonyl (C=O) groups excluding carboxylic acids is 1. The molecule has 2 aromatic rings. The molecule has 1 amide bonds. The van der Waals surface area contributed by atoms with Crippen LogP contribution in [0.1, 0.15) is 37.3 Å². The molecule has 1 N–H and O–H groups in total. The maximum absolute atomic E-state index is 12.7. The van der Waals surface area contributed by atoms with Gasteiger partial charge in [0.2, 0.25) is 5.91 Å². The number of aromatic nitrogens is 1. The van der Waals surface area contributed by atoms with Crippen molar-refractivity contribution in [1.82, 2.24) is 4.57 Å². The molecule has 0 aliphatic carbocycles. The Bertz CT molecular complexity index is 812. The van der Waals surface area contributed by atoms with Gasteiger partial charge in [-0.15, -0.1) is 0 Å². The zero-order valence-corrected chi connectivity index (χ0v) is 13.9. The number of carbonyl (C=O) groups is 1.